The van der Waals surface area contributed by atoms with Gasteiger partial charge in [0.1, 0.15) is 17.4 Å². The number of benzene rings is 3. The van der Waals surface area contributed by atoms with E-state index in [4.69, 9.17) is 0 Å². The summed E-state index contributed by atoms with van der Waals surface area (Å²) in [5.74, 6) is -0.643. The molecule has 0 saturated carbocycles. The van der Waals surface area contributed by atoms with Crippen molar-refractivity contribution in [3.05, 3.63) is 95.8 Å². The molecule has 29 heavy (non-hydrogen) atoms. The van der Waals surface area contributed by atoms with Crippen molar-refractivity contribution in [2.24, 2.45) is 0 Å². The van der Waals surface area contributed by atoms with Crippen molar-refractivity contribution in [2.75, 3.05) is 0 Å². The molecular formula is C23H20N2O3S. The van der Waals surface area contributed by atoms with E-state index in [1.807, 2.05) is 37.3 Å². The SMILES string of the molecule is Cc1ccc(S(=O)(=O)C(c2nc3ccccc3[nH]2)C(C=O)c2ccccc2)cc1. The molecule has 5 nitrogen and oxygen atoms in total. The molecule has 0 saturated heterocycles. The number of sulfone groups is 1. The molecule has 0 aliphatic heterocycles. The van der Waals surface area contributed by atoms with Crippen LogP contribution in [0.5, 0.6) is 0 Å². The molecule has 0 amide bonds. The number of nitrogens with zero attached hydrogens (tertiary/aromatic N) is 1. The summed E-state index contributed by atoms with van der Waals surface area (Å²) in [4.78, 5) is 20.0. The van der Waals surface area contributed by atoms with Crippen LogP contribution in [0.1, 0.15) is 28.1 Å². The number of carbonyl (C=O) groups is 1. The van der Waals surface area contributed by atoms with Crippen LogP contribution in [0.3, 0.4) is 0 Å². The van der Waals surface area contributed by atoms with Crippen LogP contribution in [0.25, 0.3) is 11.0 Å². The van der Waals surface area contributed by atoms with Crippen LogP contribution in [-0.2, 0) is 14.6 Å². The summed E-state index contributed by atoms with van der Waals surface area (Å²) in [6, 6.07) is 22.9. The van der Waals surface area contributed by atoms with Gasteiger partial charge in [-0.3, -0.25) is 0 Å². The van der Waals surface area contributed by atoms with Crippen molar-refractivity contribution in [1.82, 2.24) is 9.97 Å². The third kappa shape index (κ3) is 3.59. The van der Waals surface area contributed by atoms with Crippen molar-refractivity contribution in [1.29, 1.82) is 0 Å². The van der Waals surface area contributed by atoms with E-state index >= 15 is 0 Å². The first-order valence-electron chi connectivity index (χ1n) is 9.26. The lowest BCUT2D eigenvalue weighted by molar-refractivity contribution is -0.109. The van der Waals surface area contributed by atoms with Crippen molar-refractivity contribution in [3.63, 3.8) is 0 Å². The Bertz CT molecular complexity index is 1210. The molecular weight excluding hydrogens is 384 g/mol. The fraction of sp³-hybridized carbons (Fsp3) is 0.130. The molecule has 0 aliphatic rings. The second-order valence-corrected chi connectivity index (χ2v) is 9.06. The predicted molar refractivity (Wildman–Crippen MR) is 112 cm³/mol. The zero-order valence-corrected chi connectivity index (χ0v) is 16.6. The largest absolute Gasteiger partial charge is 0.341 e. The van der Waals surface area contributed by atoms with Crippen LogP contribution in [-0.4, -0.2) is 24.7 Å². The number of aryl methyl sites for hydroxylation is 1. The Morgan fingerprint density at radius 3 is 2.21 bits per heavy atom. The molecule has 3 aromatic carbocycles. The second-order valence-electron chi connectivity index (χ2n) is 6.99. The van der Waals surface area contributed by atoms with E-state index in [1.54, 1.807) is 48.5 Å². The Kier molecular flexibility index (Phi) is 5.03. The minimum Gasteiger partial charge on any atom is -0.341 e. The van der Waals surface area contributed by atoms with E-state index in [0.717, 1.165) is 11.1 Å². The van der Waals surface area contributed by atoms with Gasteiger partial charge in [0.2, 0.25) is 0 Å². The maximum Gasteiger partial charge on any atom is 0.189 e. The second kappa shape index (κ2) is 7.64. The summed E-state index contributed by atoms with van der Waals surface area (Å²) in [5.41, 5.74) is 2.97. The number of H-pyrrole nitrogens is 1. The molecule has 6 heteroatoms. The molecule has 2 unspecified atom stereocenters. The number of aromatic amines is 1. The number of nitrogens with one attached hydrogen (secondary N) is 1. The van der Waals surface area contributed by atoms with Gasteiger partial charge in [0.05, 0.1) is 21.8 Å². The maximum absolute atomic E-state index is 13.7. The average Bonchev–Trinajstić information content (AvgIpc) is 3.16. The average molecular weight is 404 g/mol. The molecule has 0 aliphatic carbocycles. The Morgan fingerprint density at radius 1 is 0.897 bits per heavy atom. The van der Waals surface area contributed by atoms with Gasteiger partial charge in [0.15, 0.2) is 9.84 Å². The number of aromatic nitrogens is 2. The summed E-state index contributed by atoms with van der Waals surface area (Å²) >= 11 is 0. The first kappa shape index (κ1) is 19.1. The van der Waals surface area contributed by atoms with E-state index in [1.165, 1.54) is 0 Å². The summed E-state index contributed by atoms with van der Waals surface area (Å²) in [7, 11) is -3.90. The van der Waals surface area contributed by atoms with Crippen LogP contribution in [0.2, 0.25) is 0 Å². The van der Waals surface area contributed by atoms with Gasteiger partial charge in [0.25, 0.3) is 0 Å². The van der Waals surface area contributed by atoms with Crippen molar-refractivity contribution < 1.29 is 13.2 Å². The normalized spacial score (nSPS) is 13.8. The highest BCUT2D eigenvalue weighted by Crippen LogP contribution is 2.39. The monoisotopic (exact) mass is 404 g/mol. The minimum atomic E-state index is -3.90. The van der Waals surface area contributed by atoms with Crippen LogP contribution < -0.4 is 0 Å². The molecule has 0 spiro atoms. The van der Waals surface area contributed by atoms with Gasteiger partial charge in [-0.15, -0.1) is 0 Å². The van der Waals surface area contributed by atoms with Crippen molar-refractivity contribution in [3.8, 4) is 0 Å². The molecule has 4 rings (SSSR count). The minimum absolute atomic E-state index is 0.163. The summed E-state index contributed by atoms with van der Waals surface area (Å²) in [6.07, 6.45) is 0.693. The highest BCUT2D eigenvalue weighted by Gasteiger charge is 2.39. The van der Waals surface area contributed by atoms with E-state index in [9.17, 15) is 13.2 Å². The van der Waals surface area contributed by atoms with E-state index in [-0.39, 0.29) is 10.7 Å². The summed E-state index contributed by atoms with van der Waals surface area (Å²) < 4.78 is 27.4. The smallest absolute Gasteiger partial charge is 0.189 e. The quantitative estimate of drug-likeness (QED) is 0.484. The molecule has 146 valence electrons. The van der Waals surface area contributed by atoms with Gasteiger partial charge < -0.3 is 9.78 Å². The topological polar surface area (TPSA) is 79.9 Å². The molecule has 0 radical (unpaired) electrons. The highest BCUT2D eigenvalue weighted by atomic mass is 32.2. The highest BCUT2D eigenvalue weighted by molar-refractivity contribution is 7.91. The number of hydrogen-bond acceptors (Lipinski definition) is 4. The number of imidazole rings is 1. The van der Waals surface area contributed by atoms with E-state index < -0.39 is 21.0 Å². The van der Waals surface area contributed by atoms with Gasteiger partial charge in [0, 0.05) is 0 Å². The summed E-state index contributed by atoms with van der Waals surface area (Å²) in [6.45, 7) is 1.89. The fourth-order valence-corrected chi connectivity index (χ4v) is 5.31. The molecule has 1 heterocycles. The lowest BCUT2D eigenvalue weighted by atomic mass is 9.96. The number of carbonyl (C=O) groups excluding carboxylic acids is 1. The van der Waals surface area contributed by atoms with Gasteiger partial charge >= 0.3 is 0 Å². The Balaban J connectivity index is 1.93. The Labute approximate surface area is 169 Å². The number of rotatable bonds is 6. The number of hydrogen-bond donors (Lipinski definition) is 1. The predicted octanol–water partition coefficient (Wildman–Crippen LogP) is 4.37. The lowest BCUT2D eigenvalue weighted by Gasteiger charge is -2.22. The van der Waals surface area contributed by atoms with Crippen LogP contribution in [0, 0.1) is 6.92 Å². The van der Waals surface area contributed by atoms with Gasteiger partial charge in [-0.1, -0.05) is 60.2 Å². The first-order valence-corrected chi connectivity index (χ1v) is 10.8. The van der Waals surface area contributed by atoms with Crippen LogP contribution >= 0.6 is 0 Å². The van der Waals surface area contributed by atoms with Crippen LogP contribution in [0.15, 0.2) is 83.8 Å². The van der Waals surface area contributed by atoms with Crippen molar-refractivity contribution >= 4 is 27.2 Å². The number of aldehydes is 1. The molecule has 1 N–H and O–H groups in total. The Morgan fingerprint density at radius 2 is 1.55 bits per heavy atom. The third-order valence-corrected chi connectivity index (χ3v) is 7.13. The zero-order valence-electron chi connectivity index (χ0n) is 15.8. The van der Waals surface area contributed by atoms with Gasteiger partial charge in [-0.05, 0) is 36.8 Å². The summed E-state index contributed by atoms with van der Waals surface area (Å²) in [5, 5.41) is -1.17. The van der Waals surface area contributed by atoms with Crippen LogP contribution in [0.4, 0.5) is 0 Å². The molecule has 4 aromatic rings. The molecule has 2 atom stereocenters. The lowest BCUT2D eigenvalue weighted by Crippen LogP contribution is -2.23. The van der Waals surface area contributed by atoms with Gasteiger partial charge in [-0.25, -0.2) is 13.4 Å². The zero-order chi connectivity index (χ0) is 20.4. The number of fused-ring (bicyclic) bond motifs is 1. The molecule has 1 aromatic heterocycles. The first-order chi connectivity index (χ1) is 14.0. The van der Waals surface area contributed by atoms with E-state index in [0.29, 0.717) is 17.4 Å². The number of para-hydroxylation sites is 2. The standard InChI is InChI=1S/C23H20N2O3S/c1-16-11-13-18(14-12-16)29(27,28)22(19(15-26)17-7-3-2-4-8-17)23-24-20-9-5-6-10-21(20)25-23/h2-15,19,22H,1H3,(H,24,25). The third-order valence-electron chi connectivity index (χ3n) is 5.02. The fourth-order valence-electron chi connectivity index (χ4n) is 3.49. The Hall–Kier alpha value is -3.25. The molecule has 0 fully saturated rings. The van der Waals surface area contributed by atoms with E-state index in [2.05, 4.69) is 9.97 Å². The van der Waals surface area contributed by atoms with Gasteiger partial charge in [-0.2, -0.15) is 0 Å². The maximum atomic E-state index is 13.7. The molecule has 0 bridgehead atoms. The van der Waals surface area contributed by atoms with Crippen molar-refractivity contribution in [2.45, 2.75) is 23.0 Å².